The van der Waals surface area contributed by atoms with Gasteiger partial charge in [0, 0.05) is 12.6 Å². The van der Waals surface area contributed by atoms with E-state index < -0.39 is 60.9 Å². The quantitative estimate of drug-likeness (QED) is 0.223. The normalized spacial score (nSPS) is 14.3. The van der Waals surface area contributed by atoms with Crippen molar-refractivity contribution in [3.05, 3.63) is 48.0 Å². The molecule has 1 fully saturated rings. The average molecular weight is 569 g/mol. The van der Waals surface area contributed by atoms with Gasteiger partial charge in [0.15, 0.2) is 24.7 Å². The first-order chi connectivity index (χ1) is 19.4. The molecule has 0 radical (unpaired) electrons. The maximum absolute atomic E-state index is 13.2. The fourth-order valence-electron chi connectivity index (χ4n) is 3.98. The van der Waals surface area contributed by atoms with Crippen LogP contribution in [0, 0.1) is 6.92 Å². The summed E-state index contributed by atoms with van der Waals surface area (Å²) in [5, 5.41) is 5.25. The highest BCUT2D eigenvalue weighted by Gasteiger charge is 2.46. The lowest BCUT2D eigenvalue weighted by atomic mass is 10.1. The SMILES string of the molecule is CCC(Oc1ccc(C)cc1)C(=O)Nc1ccc(OC)c(NC(=O)C(C(C)=O)N2C(=O)CN(COC(C)=O)C2=O)c1. The predicted octanol–water partition coefficient (Wildman–Crippen LogP) is 2.48. The molecule has 0 saturated carbocycles. The monoisotopic (exact) mass is 568 g/mol. The minimum Gasteiger partial charge on any atom is -0.495 e. The van der Waals surface area contributed by atoms with Gasteiger partial charge in [0.1, 0.15) is 18.0 Å². The Hall–Kier alpha value is -4.94. The van der Waals surface area contributed by atoms with Crippen molar-refractivity contribution in [1.82, 2.24) is 9.80 Å². The van der Waals surface area contributed by atoms with Crippen molar-refractivity contribution in [3.8, 4) is 11.5 Å². The van der Waals surface area contributed by atoms with Crippen molar-refractivity contribution in [1.29, 1.82) is 0 Å². The Bertz CT molecular complexity index is 1340. The zero-order valence-electron chi connectivity index (χ0n) is 23.4. The molecule has 218 valence electrons. The molecule has 13 nitrogen and oxygen atoms in total. The number of nitrogens with zero attached hydrogens (tertiary/aromatic N) is 2. The van der Waals surface area contributed by atoms with Crippen LogP contribution in [0.2, 0.25) is 0 Å². The molecular formula is C28H32N4O9. The van der Waals surface area contributed by atoms with Crippen molar-refractivity contribution in [3.63, 3.8) is 0 Å². The number of carbonyl (C=O) groups is 6. The number of urea groups is 1. The van der Waals surface area contributed by atoms with Crippen LogP contribution in [0.5, 0.6) is 11.5 Å². The van der Waals surface area contributed by atoms with E-state index in [-0.39, 0.29) is 17.1 Å². The number of hydrogen-bond acceptors (Lipinski definition) is 9. The molecule has 1 saturated heterocycles. The van der Waals surface area contributed by atoms with E-state index in [1.165, 1.54) is 19.2 Å². The summed E-state index contributed by atoms with van der Waals surface area (Å²) in [4.78, 5) is 76.6. The van der Waals surface area contributed by atoms with Crippen molar-refractivity contribution in [2.45, 2.75) is 46.3 Å². The molecule has 0 spiro atoms. The highest BCUT2D eigenvalue weighted by atomic mass is 16.5. The van der Waals surface area contributed by atoms with Crippen LogP contribution in [-0.4, -0.2) is 77.8 Å². The van der Waals surface area contributed by atoms with Gasteiger partial charge in [-0.05, 0) is 50.6 Å². The Morgan fingerprint density at radius 2 is 1.66 bits per heavy atom. The molecule has 13 heteroatoms. The lowest BCUT2D eigenvalue weighted by Crippen LogP contribution is -2.52. The fourth-order valence-corrected chi connectivity index (χ4v) is 3.98. The molecule has 1 aliphatic heterocycles. The summed E-state index contributed by atoms with van der Waals surface area (Å²) in [5.41, 5.74) is 1.41. The smallest absolute Gasteiger partial charge is 0.331 e. The van der Waals surface area contributed by atoms with Crippen molar-refractivity contribution in [2.75, 3.05) is 31.0 Å². The molecule has 3 rings (SSSR count). The second kappa shape index (κ2) is 13.4. The van der Waals surface area contributed by atoms with Crippen LogP contribution in [0.15, 0.2) is 42.5 Å². The zero-order valence-corrected chi connectivity index (χ0v) is 23.4. The summed E-state index contributed by atoms with van der Waals surface area (Å²) in [5.74, 6) is -2.95. The third-order valence-electron chi connectivity index (χ3n) is 6.07. The topological polar surface area (TPSA) is 161 Å². The molecule has 2 aromatic carbocycles. The predicted molar refractivity (Wildman–Crippen MR) is 146 cm³/mol. The number of Topliss-reactive ketones (excluding diaryl/α,β-unsaturated/α-hetero) is 1. The van der Waals surface area contributed by atoms with Crippen LogP contribution in [0.1, 0.15) is 32.8 Å². The van der Waals surface area contributed by atoms with Crippen LogP contribution >= 0.6 is 0 Å². The van der Waals surface area contributed by atoms with Crippen LogP contribution in [0.25, 0.3) is 0 Å². The molecule has 0 aliphatic carbocycles. The number of nitrogens with one attached hydrogen (secondary N) is 2. The Morgan fingerprint density at radius 3 is 2.24 bits per heavy atom. The first-order valence-corrected chi connectivity index (χ1v) is 12.7. The molecular weight excluding hydrogens is 536 g/mol. The van der Waals surface area contributed by atoms with Crippen LogP contribution in [-0.2, 0) is 28.7 Å². The van der Waals surface area contributed by atoms with Gasteiger partial charge in [0.05, 0.1) is 12.8 Å². The summed E-state index contributed by atoms with van der Waals surface area (Å²) >= 11 is 0. The van der Waals surface area contributed by atoms with Gasteiger partial charge in [0.25, 0.3) is 17.7 Å². The van der Waals surface area contributed by atoms with Crippen molar-refractivity contribution < 1.29 is 43.0 Å². The van der Waals surface area contributed by atoms with Gasteiger partial charge >= 0.3 is 12.0 Å². The molecule has 1 heterocycles. The largest absolute Gasteiger partial charge is 0.495 e. The van der Waals surface area contributed by atoms with E-state index in [9.17, 15) is 28.8 Å². The van der Waals surface area contributed by atoms with Gasteiger partial charge in [-0.15, -0.1) is 0 Å². The van der Waals surface area contributed by atoms with E-state index in [0.717, 1.165) is 24.3 Å². The van der Waals surface area contributed by atoms with Crippen molar-refractivity contribution >= 4 is 46.9 Å². The lowest BCUT2D eigenvalue weighted by molar-refractivity contribution is -0.144. The van der Waals surface area contributed by atoms with Crippen molar-refractivity contribution in [2.24, 2.45) is 0 Å². The standard InChI is InChI=1S/C28H32N4O9/c1-6-22(41-20-10-7-16(2)8-11-20)26(36)29-19-9-12-23(39-5)21(13-19)30-27(37)25(17(3)33)32-24(35)14-31(28(32)38)15-40-18(4)34/h7-13,22,25H,6,14-15H2,1-5H3,(H,29,36)(H,30,37). The number of aryl methyl sites for hydroxylation is 1. The van der Waals surface area contributed by atoms with Gasteiger partial charge < -0.3 is 24.8 Å². The number of imide groups is 1. The van der Waals surface area contributed by atoms with E-state index in [1.807, 2.05) is 19.1 Å². The van der Waals surface area contributed by atoms with E-state index in [1.54, 1.807) is 25.1 Å². The summed E-state index contributed by atoms with van der Waals surface area (Å²) in [7, 11) is 1.36. The Labute approximate surface area is 236 Å². The zero-order chi connectivity index (χ0) is 30.3. The number of amides is 5. The van der Waals surface area contributed by atoms with Gasteiger partial charge in [-0.25, -0.2) is 9.69 Å². The molecule has 2 unspecified atom stereocenters. The highest BCUT2D eigenvalue weighted by Crippen LogP contribution is 2.29. The minimum absolute atomic E-state index is 0.0740. The van der Waals surface area contributed by atoms with E-state index in [4.69, 9.17) is 14.2 Å². The van der Waals surface area contributed by atoms with Crippen LogP contribution in [0.3, 0.4) is 0 Å². The number of methoxy groups -OCH3 is 1. The first kappa shape index (κ1) is 30.6. The molecule has 5 amide bonds. The van der Waals surface area contributed by atoms with Gasteiger partial charge in [-0.2, -0.15) is 0 Å². The van der Waals surface area contributed by atoms with Crippen LogP contribution < -0.4 is 20.1 Å². The van der Waals surface area contributed by atoms with Gasteiger partial charge in [0.2, 0.25) is 0 Å². The molecule has 41 heavy (non-hydrogen) atoms. The van der Waals surface area contributed by atoms with Gasteiger partial charge in [-0.1, -0.05) is 24.6 Å². The summed E-state index contributed by atoms with van der Waals surface area (Å²) < 4.78 is 15.9. The van der Waals surface area contributed by atoms with E-state index in [0.29, 0.717) is 17.1 Å². The minimum atomic E-state index is -1.80. The molecule has 1 aliphatic rings. The van der Waals surface area contributed by atoms with Crippen LogP contribution in [0.4, 0.5) is 16.2 Å². The lowest BCUT2D eigenvalue weighted by Gasteiger charge is -2.24. The number of anilines is 2. The third kappa shape index (κ3) is 7.59. The number of hydrogen-bond donors (Lipinski definition) is 2. The molecule has 2 N–H and O–H groups in total. The third-order valence-corrected chi connectivity index (χ3v) is 6.07. The molecule has 0 bridgehead atoms. The summed E-state index contributed by atoms with van der Waals surface area (Å²) in [6, 6.07) is 8.96. The number of ketones is 1. The number of esters is 1. The number of benzene rings is 2. The highest BCUT2D eigenvalue weighted by molar-refractivity contribution is 6.17. The second-order valence-corrected chi connectivity index (χ2v) is 9.24. The second-order valence-electron chi connectivity index (χ2n) is 9.24. The first-order valence-electron chi connectivity index (χ1n) is 12.7. The Morgan fingerprint density at radius 1 is 0.976 bits per heavy atom. The number of carbonyl (C=O) groups excluding carboxylic acids is 6. The summed E-state index contributed by atoms with van der Waals surface area (Å²) in [6.45, 7) is 4.95. The van der Waals surface area contributed by atoms with E-state index >= 15 is 0 Å². The molecule has 0 aromatic heterocycles. The number of rotatable bonds is 12. The molecule has 2 aromatic rings. The maximum atomic E-state index is 13.2. The average Bonchev–Trinajstić information content (AvgIpc) is 3.19. The number of ether oxygens (including phenoxy) is 3. The van der Waals surface area contributed by atoms with E-state index in [2.05, 4.69) is 10.6 Å². The molecule has 2 atom stereocenters. The Balaban J connectivity index is 1.77. The fraction of sp³-hybridized carbons (Fsp3) is 0.357. The van der Waals surface area contributed by atoms with Gasteiger partial charge in [-0.3, -0.25) is 28.9 Å². The summed E-state index contributed by atoms with van der Waals surface area (Å²) in [6.07, 6.45) is -0.423. The maximum Gasteiger partial charge on any atom is 0.331 e. The Kier molecular flexibility index (Phi) is 10.0.